The fourth-order valence-electron chi connectivity index (χ4n) is 7.28. The summed E-state index contributed by atoms with van der Waals surface area (Å²) in [6.45, 7) is 0.764. The number of H-pyrrole nitrogens is 1. The van der Waals surface area contributed by atoms with Gasteiger partial charge in [-0.05, 0) is 67.4 Å². The second-order valence-electron chi connectivity index (χ2n) is 15.8. The molecule has 0 atom stereocenters. The van der Waals surface area contributed by atoms with Gasteiger partial charge in [0.25, 0.3) is 0 Å². The highest BCUT2D eigenvalue weighted by molar-refractivity contribution is 5.87. The van der Waals surface area contributed by atoms with Crippen LogP contribution in [0.4, 0.5) is 38.0 Å². The molecule has 5 aromatic heterocycles. The summed E-state index contributed by atoms with van der Waals surface area (Å²) in [6.07, 6.45) is 2.87. The summed E-state index contributed by atoms with van der Waals surface area (Å²) in [5.41, 5.74) is 12.2. The topological polar surface area (TPSA) is 209 Å². The lowest BCUT2D eigenvalue weighted by atomic mass is 10.1. The van der Waals surface area contributed by atoms with Gasteiger partial charge in [-0.3, -0.25) is 18.7 Å². The molecule has 0 amide bonds. The van der Waals surface area contributed by atoms with E-state index in [1.54, 1.807) is 27.1 Å². The van der Waals surface area contributed by atoms with E-state index < -0.39 is 23.5 Å². The van der Waals surface area contributed by atoms with Gasteiger partial charge in [0.15, 0.2) is 22.9 Å². The van der Waals surface area contributed by atoms with Gasteiger partial charge in [-0.15, -0.1) is 6.42 Å². The summed E-state index contributed by atoms with van der Waals surface area (Å²) in [5, 5.41) is 31.4. The minimum Gasteiger partial charge on any atom is -0.396 e. The molecule has 15 nitrogen and oxygen atoms in total. The summed E-state index contributed by atoms with van der Waals surface area (Å²) in [7, 11) is 0. The standard InChI is InChI=1S/C23H19F3N6O.C16H13F3N4O.C7H7N2.C7H6O/c24-23(25,26)15-7-8-19-17(11-15)29-21(27-9-4-10-33)22-28-13-20(32(19)22)18-12-16(30-31-18)14-5-2-1-3-6-14;1-2-11-9-21-15-14(20-6-3-7-24)22-12-8-10(16(17,18)19)4-5-13(12)23(11)15;8-9-6-7-4-2-1-3-5-7;8-6-7-4-2-1-3-5-7/h1-3,5-8,11-13,33H,4,9-10H2,(H,27,29)(H,30,31);1,4-5,8-9,24H,3,6-7H2,(H,20,22);1-6,8H;1-6H/q;;+1;. The summed E-state index contributed by atoms with van der Waals surface area (Å²) < 4.78 is 82.1. The van der Waals surface area contributed by atoms with Crippen molar-refractivity contribution in [3.63, 3.8) is 0 Å². The molecule has 10 aromatic rings. The number of aliphatic hydroxyl groups excluding tert-OH is 2. The molecule has 376 valence electrons. The number of nitrogens with zero attached hydrogens (tertiary/aromatic N) is 8. The number of halogens is 6. The highest BCUT2D eigenvalue weighted by Gasteiger charge is 2.32. The Balaban J connectivity index is 0.000000168. The Labute approximate surface area is 417 Å². The first-order valence-electron chi connectivity index (χ1n) is 22.6. The van der Waals surface area contributed by atoms with E-state index in [0.717, 1.165) is 52.9 Å². The molecule has 0 aliphatic heterocycles. The zero-order valence-corrected chi connectivity index (χ0v) is 39.0. The number of carbonyl (C=O) groups excluding carboxylic acids is 1. The normalized spacial score (nSPS) is 11.1. The molecule has 0 aliphatic rings. The number of anilines is 2. The number of nitrogens with one attached hydrogen (secondary N) is 4. The van der Waals surface area contributed by atoms with Crippen molar-refractivity contribution in [3.05, 3.63) is 174 Å². The molecule has 0 fully saturated rings. The Morgan fingerprint density at radius 2 is 1.18 bits per heavy atom. The maximum atomic E-state index is 13.3. The lowest BCUT2D eigenvalue weighted by Crippen LogP contribution is -2.09. The van der Waals surface area contributed by atoms with Crippen molar-refractivity contribution in [2.75, 3.05) is 36.9 Å². The van der Waals surface area contributed by atoms with Crippen molar-refractivity contribution >= 4 is 57.5 Å². The predicted molar refractivity (Wildman–Crippen MR) is 269 cm³/mol. The maximum Gasteiger partial charge on any atom is 0.416 e. The molecule has 0 radical (unpaired) electrons. The molecular formula is C53H45F6N12O3+. The molecular weight excluding hydrogens is 967 g/mol. The third-order valence-corrected chi connectivity index (χ3v) is 10.8. The van der Waals surface area contributed by atoms with Gasteiger partial charge in [0.2, 0.25) is 0 Å². The lowest BCUT2D eigenvalue weighted by molar-refractivity contribution is -0.138. The first-order chi connectivity index (χ1) is 35.8. The van der Waals surface area contributed by atoms with E-state index in [1.807, 2.05) is 84.9 Å². The van der Waals surface area contributed by atoms with Crippen LogP contribution in [0.15, 0.2) is 146 Å². The van der Waals surface area contributed by atoms with Crippen LogP contribution in [0, 0.1) is 17.9 Å². The average Bonchev–Trinajstić information content (AvgIpc) is 4.20. The van der Waals surface area contributed by atoms with E-state index in [-0.39, 0.29) is 24.2 Å². The second kappa shape index (κ2) is 24.3. The van der Waals surface area contributed by atoms with Gasteiger partial charge >= 0.3 is 18.6 Å². The minimum absolute atomic E-state index is 0.0147. The monoisotopic (exact) mass is 1010 g/mol. The van der Waals surface area contributed by atoms with Crippen molar-refractivity contribution in [2.45, 2.75) is 25.2 Å². The molecule has 6 N–H and O–H groups in total. The number of benzene rings is 5. The van der Waals surface area contributed by atoms with E-state index >= 15 is 0 Å². The van der Waals surface area contributed by atoms with Crippen LogP contribution < -0.4 is 10.6 Å². The number of hydrogen-bond acceptors (Lipinski definition) is 11. The highest BCUT2D eigenvalue weighted by atomic mass is 19.4. The molecule has 5 aromatic carbocycles. The van der Waals surface area contributed by atoms with Crippen LogP contribution in [-0.2, 0) is 12.4 Å². The van der Waals surface area contributed by atoms with Crippen LogP contribution in [0.1, 0.15) is 45.6 Å². The fraction of sp³-hybridized carbons (Fsp3) is 0.151. The fourth-order valence-corrected chi connectivity index (χ4v) is 7.28. The van der Waals surface area contributed by atoms with E-state index in [0.29, 0.717) is 77.0 Å². The number of rotatable bonds is 12. The number of terminal acetylenes is 1. The lowest BCUT2D eigenvalue weighted by Gasteiger charge is -2.13. The number of carbonyl (C=O) groups is 1. The largest absolute Gasteiger partial charge is 0.416 e. The van der Waals surface area contributed by atoms with Gasteiger partial charge in [0.05, 0.1) is 73.8 Å². The van der Waals surface area contributed by atoms with Crippen molar-refractivity contribution < 1.29 is 46.1 Å². The van der Waals surface area contributed by atoms with E-state index in [2.05, 4.69) is 51.5 Å². The number of hydrogen-bond donors (Lipinski definition) is 6. The van der Waals surface area contributed by atoms with Crippen molar-refractivity contribution in [1.82, 2.24) is 38.9 Å². The van der Waals surface area contributed by atoms with Crippen molar-refractivity contribution in [1.29, 1.82) is 5.53 Å². The first kappa shape index (κ1) is 52.6. The van der Waals surface area contributed by atoms with Gasteiger partial charge in [-0.1, -0.05) is 84.8 Å². The first-order valence-corrected chi connectivity index (χ1v) is 22.6. The molecule has 5 heterocycles. The SMILES string of the molecule is C#Cc1cnc2c(NCCCO)nc3cc(C(F)(F)F)ccc3n12.N=[N+]=Cc1ccccc1.O=Cc1ccccc1.OCCCNc1nc2cc(C(F)(F)F)ccc2n2c(-c3cc(-c4ccccc4)n[nH]3)cnc12. The van der Waals surface area contributed by atoms with Gasteiger partial charge in [0.1, 0.15) is 12.0 Å². The van der Waals surface area contributed by atoms with Gasteiger partial charge in [0, 0.05) is 42.2 Å². The molecule has 0 aliphatic carbocycles. The molecule has 10 rings (SSSR count). The van der Waals surface area contributed by atoms with E-state index in [9.17, 15) is 31.1 Å². The van der Waals surface area contributed by atoms with Gasteiger partial charge in [-0.25, -0.2) is 19.9 Å². The third kappa shape index (κ3) is 12.8. The number of aliphatic hydroxyl groups is 2. The summed E-state index contributed by atoms with van der Waals surface area (Å²) in [6, 6.07) is 36.9. The molecule has 0 saturated carbocycles. The Morgan fingerprint density at radius 3 is 1.66 bits per heavy atom. The van der Waals surface area contributed by atoms with Crippen LogP contribution in [-0.4, -0.2) is 92.7 Å². The Kier molecular flexibility index (Phi) is 17.2. The highest BCUT2D eigenvalue weighted by Crippen LogP contribution is 2.35. The molecule has 0 saturated heterocycles. The molecule has 74 heavy (non-hydrogen) atoms. The van der Waals surface area contributed by atoms with Crippen LogP contribution in [0.5, 0.6) is 0 Å². The van der Waals surface area contributed by atoms with Crippen LogP contribution in [0.25, 0.3) is 56.0 Å². The number of aromatic nitrogens is 8. The number of fused-ring (bicyclic) bond motifs is 6. The Morgan fingerprint density at radius 1 is 0.676 bits per heavy atom. The Hall–Kier alpha value is -9.22. The number of imidazole rings is 2. The third-order valence-electron chi connectivity index (χ3n) is 10.8. The minimum atomic E-state index is -4.49. The molecule has 21 heteroatoms. The maximum absolute atomic E-state index is 13.3. The van der Waals surface area contributed by atoms with Crippen molar-refractivity contribution in [3.8, 4) is 35.0 Å². The van der Waals surface area contributed by atoms with Gasteiger partial charge < -0.3 is 20.8 Å². The number of aromatic amines is 1. The van der Waals surface area contributed by atoms with Crippen LogP contribution >= 0.6 is 0 Å². The summed E-state index contributed by atoms with van der Waals surface area (Å²) >= 11 is 0. The predicted octanol–water partition coefficient (Wildman–Crippen LogP) is 10.3. The molecule has 0 unspecified atom stereocenters. The Bertz CT molecular complexity index is 3570. The summed E-state index contributed by atoms with van der Waals surface area (Å²) in [5.74, 6) is 3.12. The molecule has 0 spiro atoms. The van der Waals surface area contributed by atoms with Crippen LogP contribution in [0.3, 0.4) is 0 Å². The molecule has 0 bridgehead atoms. The quantitative estimate of drug-likeness (QED) is 0.0130. The number of aldehydes is 1. The zero-order valence-electron chi connectivity index (χ0n) is 39.0. The zero-order chi connectivity index (χ0) is 52.7. The second-order valence-corrected chi connectivity index (χ2v) is 15.8. The number of alkyl halides is 6. The summed E-state index contributed by atoms with van der Waals surface area (Å²) in [4.78, 5) is 30.5. The smallest absolute Gasteiger partial charge is 0.396 e. The van der Waals surface area contributed by atoms with Crippen LogP contribution in [0.2, 0.25) is 0 Å². The van der Waals surface area contributed by atoms with Gasteiger partial charge in [-0.2, -0.15) is 31.4 Å². The van der Waals surface area contributed by atoms with Crippen molar-refractivity contribution in [2.24, 2.45) is 0 Å². The average molecular weight is 1010 g/mol. The van der Waals surface area contributed by atoms with E-state index in [4.69, 9.17) is 22.2 Å². The van der Waals surface area contributed by atoms with E-state index in [1.165, 1.54) is 24.5 Å².